The molecule has 31 heavy (non-hydrogen) atoms. The van der Waals surface area contributed by atoms with Gasteiger partial charge in [0.15, 0.2) is 5.69 Å². The van der Waals surface area contributed by atoms with Gasteiger partial charge in [0, 0.05) is 32.1 Å². The molecule has 4 heterocycles. The van der Waals surface area contributed by atoms with Crippen LogP contribution in [0.3, 0.4) is 0 Å². The van der Waals surface area contributed by atoms with E-state index in [0.717, 1.165) is 37.2 Å². The molecule has 3 aliphatic rings. The van der Waals surface area contributed by atoms with Crippen molar-refractivity contribution >= 4 is 11.8 Å². The van der Waals surface area contributed by atoms with E-state index in [9.17, 15) is 14.0 Å². The summed E-state index contributed by atoms with van der Waals surface area (Å²) in [4.78, 5) is 33.9. The van der Waals surface area contributed by atoms with E-state index in [-0.39, 0.29) is 36.3 Å². The summed E-state index contributed by atoms with van der Waals surface area (Å²) in [6, 6.07) is 6.30. The number of likely N-dealkylation sites (tertiary alicyclic amines) is 2. The molecule has 8 heteroatoms. The third kappa shape index (κ3) is 3.96. The van der Waals surface area contributed by atoms with Gasteiger partial charge in [0.05, 0.1) is 25.2 Å². The molecule has 7 nitrogen and oxygen atoms in total. The quantitative estimate of drug-likeness (QED) is 0.757. The van der Waals surface area contributed by atoms with E-state index in [1.165, 1.54) is 12.1 Å². The van der Waals surface area contributed by atoms with Crippen molar-refractivity contribution < 1.29 is 18.7 Å². The Bertz CT molecular complexity index is 960. The number of aromatic nitrogens is 2. The van der Waals surface area contributed by atoms with Crippen LogP contribution in [-0.4, -0.2) is 57.3 Å². The highest BCUT2D eigenvalue weighted by Gasteiger charge is 2.34. The standard InChI is InChI=1S/C23H27FN4O3/c24-18-5-3-16(4-6-18)20-13-28-15-25-21(19(28)14-31-20)23(30)27-11-7-17(8-12-27)22(29)26-9-1-2-10-26/h3-6,15,17,20H,1-2,7-14H2. The summed E-state index contributed by atoms with van der Waals surface area (Å²) in [5, 5.41) is 0. The Morgan fingerprint density at radius 1 is 1.00 bits per heavy atom. The van der Waals surface area contributed by atoms with E-state index in [0.29, 0.717) is 38.2 Å². The number of fused-ring (bicyclic) bond motifs is 1. The SMILES string of the molecule is O=C(c1ncn2c1COC(c1ccc(F)cc1)C2)N1CCC(C(=O)N2CCCC2)CC1. The molecule has 2 saturated heterocycles. The van der Waals surface area contributed by atoms with Gasteiger partial charge in [-0.05, 0) is 43.4 Å². The average molecular weight is 426 g/mol. The number of imidazole rings is 1. The van der Waals surface area contributed by atoms with Gasteiger partial charge in [-0.2, -0.15) is 0 Å². The Balaban J connectivity index is 1.22. The van der Waals surface area contributed by atoms with E-state index in [2.05, 4.69) is 4.98 Å². The van der Waals surface area contributed by atoms with Gasteiger partial charge in [0.1, 0.15) is 11.9 Å². The minimum absolute atomic E-state index is 0.0258. The zero-order chi connectivity index (χ0) is 21.4. The van der Waals surface area contributed by atoms with Crippen LogP contribution < -0.4 is 0 Å². The van der Waals surface area contributed by atoms with Gasteiger partial charge in [-0.15, -0.1) is 0 Å². The van der Waals surface area contributed by atoms with Crippen molar-refractivity contribution in [2.75, 3.05) is 26.2 Å². The molecule has 0 spiro atoms. The maximum Gasteiger partial charge on any atom is 0.274 e. The Morgan fingerprint density at radius 2 is 1.71 bits per heavy atom. The van der Waals surface area contributed by atoms with Gasteiger partial charge in [0.2, 0.25) is 5.91 Å². The lowest BCUT2D eigenvalue weighted by molar-refractivity contribution is -0.135. The Morgan fingerprint density at radius 3 is 2.42 bits per heavy atom. The van der Waals surface area contributed by atoms with E-state index < -0.39 is 0 Å². The maximum absolute atomic E-state index is 13.2. The molecular formula is C23H27FN4O3. The normalized spacial score (nSPS) is 21.9. The zero-order valence-electron chi connectivity index (χ0n) is 17.5. The first-order valence-corrected chi connectivity index (χ1v) is 11.1. The van der Waals surface area contributed by atoms with Gasteiger partial charge >= 0.3 is 0 Å². The summed E-state index contributed by atoms with van der Waals surface area (Å²) in [7, 11) is 0. The van der Waals surface area contributed by atoms with Crippen LogP contribution in [-0.2, 0) is 22.7 Å². The fraction of sp³-hybridized carbons (Fsp3) is 0.522. The highest BCUT2D eigenvalue weighted by atomic mass is 19.1. The fourth-order valence-corrected chi connectivity index (χ4v) is 4.86. The maximum atomic E-state index is 13.2. The molecular weight excluding hydrogens is 399 g/mol. The summed E-state index contributed by atoms with van der Waals surface area (Å²) < 4.78 is 21.1. The number of carbonyl (C=O) groups excluding carboxylic acids is 2. The molecule has 1 aromatic carbocycles. The van der Waals surface area contributed by atoms with E-state index >= 15 is 0 Å². The van der Waals surface area contributed by atoms with Crippen molar-refractivity contribution in [3.8, 4) is 0 Å². The summed E-state index contributed by atoms with van der Waals surface area (Å²) in [5.41, 5.74) is 2.11. The minimum Gasteiger partial charge on any atom is -0.365 e. The summed E-state index contributed by atoms with van der Waals surface area (Å²) in [6.45, 7) is 3.72. The lowest BCUT2D eigenvalue weighted by atomic mass is 9.95. The first-order valence-electron chi connectivity index (χ1n) is 11.1. The molecule has 2 fully saturated rings. The van der Waals surface area contributed by atoms with Crippen LogP contribution in [0.2, 0.25) is 0 Å². The Kier molecular flexibility index (Phi) is 5.48. The number of rotatable bonds is 3. The van der Waals surface area contributed by atoms with Crippen molar-refractivity contribution in [2.45, 2.75) is 44.9 Å². The van der Waals surface area contributed by atoms with Crippen molar-refractivity contribution in [3.05, 3.63) is 53.4 Å². The highest BCUT2D eigenvalue weighted by molar-refractivity contribution is 5.93. The number of benzene rings is 1. The number of hydrogen-bond donors (Lipinski definition) is 0. The van der Waals surface area contributed by atoms with Crippen LogP contribution in [0.5, 0.6) is 0 Å². The molecule has 2 amide bonds. The molecule has 164 valence electrons. The van der Waals surface area contributed by atoms with E-state index in [1.54, 1.807) is 18.5 Å². The molecule has 0 bridgehead atoms. The Labute approximate surface area is 180 Å². The predicted octanol–water partition coefficient (Wildman–Crippen LogP) is 2.77. The predicted molar refractivity (Wildman–Crippen MR) is 111 cm³/mol. The van der Waals surface area contributed by atoms with Crippen LogP contribution >= 0.6 is 0 Å². The van der Waals surface area contributed by atoms with Gasteiger partial charge < -0.3 is 19.1 Å². The molecule has 1 atom stereocenters. The first kappa shape index (κ1) is 20.2. The fourth-order valence-electron chi connectivity index (χ4n) is 4.86. The summed E-state index contributed by atoms with van der Waals surface area (Å²) in [5.74, 6) is -0.0895. The molecule has 3 aliphatic heterocycles. The monoisotopic (exact) mass is 426 g/mol. The molecule has 0 N–H and O–H groups in total. The number of hydrogen-bond acceptors (Lipinski definition) is 4. The third-order valence-electron chi connectivity index (χ3n) is 6.72. The first-order chi connectivity index (χ1) is 15.1. The largest absolute Gasteiger partial charge is 0.365 e. The number of halogens is 1. The molecule has 2 aromatic rings. The second kappa shape index (κ2) is 8.42. The van der Waals surface area contributed by atoms with E-state index in [1.807, 2.05) is 14.4 Å². The van der Waals surface area contributed by atoms with Crippen LogP contribution in [0.15, 0.2) is 30.6 Å². The molecule has 1 aromatic heterocycles. The van der Waals surface area contributed by atoms with E-state index in [4.69, 9.17) is 4.74 Å². The van der Waals surface area contributed by atoms with Gasteiger partial charge in [-0.3, -0.25) is 9.59 Å². The smallest absolute Gasteiger partial charge is 0.274 e. The van der Waals surface area contributed by atoms with Crippen LogP contribution in [0.25, 0.3) is 0 Å². The van der Waals surface area contributed by atoms with Crippen LogP contribution in [0.4, 0.5) is 4.39 Å². The highest BCUT2D eigenvalue weighted by Crippen LogP contribution is 2.29. The van der Waals surface area contributed by atoms with Gasteiger partial charge in [-0.1, -0.05) is 12.1 Å². The molecule has 0 aliphatic carbocycles. The van der Waals surface area contributed by atoms with Crippen molar-refractivity contribution in [2.24, 2.45) is 5.92 Å². The molecule has 0 radical (unpaired) electrons. The summed E-state index contributed by atoms with van der Waals surface area (Å²) >= 11 is 0. The second-order valence-corrected chi connectivity index (χ2v) is 8.64. The minimum atomic E-state index is -0.276. The molecule has 1 unspecified atom stereocenters. The van der Waals surface area contributed by atoms with Gasteiger partial charge in [-0.25, -0.2) is 9.37 Å². The molecule has 0 saturated carbocycles. The second-order valence-electron chi connectivity index (χ2n) is 8.64. The van der Waals surface area contributed by atoms with Crippen LogP contribution in [0.1, 0.15) is 53.5 Å². The summed E-state index contributed by atoms with van der Waals surface area (Å²) in [6.07, 6.45) is 5.10. The lowest BCUT2D eigenvalue weighted by Gasteiger charge is -2.33. The number of carbonyl (C=O) groups is 2. The number of piperidine rings is 1. The average Bonchev–Trinajstić information content (AvgIpc) is 3.49. The number of ether oxygens (including phenoxy) is 1. The van der Waals surface area contributed by atoms with Crippen molar-refractivity contribution in [3.63, 3.8) is 0 Å². The molecule has 5 rings (SSSR count). The third-order valence-corrected chi connectivity index (χ3v) is 6.72. The van der Waals surface area contributed by atoms with Crippen LogP contribution in [0, 0.1) is 11.7 Å². The Hall–Kier alpha value is -2.74. The number of nitrogens with zero attached hydrogens (tertiary/aromatic N) is 4. The van der Waals surface area contributed by atoms with Crippen molar-refractivity contribution in [1.29, 1.82) is 0 Å². The van der Waals surface area contributed by atoms with Crippen molar-refractivity contribution in [1.82, 2.24) is 19.4 Å². The topological polar surface area (TPSA) is 67.7 Å². The number of amides is 2. The zero-order valence-corrected chi connectivity index (χ0v) is 17.5. The lowest BCUT2D eigenvalue weighted by Crippen LogP contribution is -2.44. The van der Waals surface area contributed by atoms with Gasteiger partial charge in [0.25, 0.3) is 5.91 Å².